The first kappa shape index (κ1) is 20.4. The zero-order valence-corrected chi connectivity index (χ0v) is 16.3. The Bertz CT molecular complexity index is 1020. The Morgan fingerprint density at radius 2 is 1.90 bits per heavy atom. The molecule has 152 valence electrons. The van der Waals surface area contributed by atoms with Crippen molar-refractivity contribution in [3.63, 3.8) is 0 Å². The number of hydrogen-bond acceptors (Lipinski definition) is 6. The molecule has 0 aliphatic rings. The fourth-order valence-corrected chi connectivity index (χ4v) is 3.14. The van der Waals surface area contributed by atoms with Crippen molar-refractivity contribution in [2.45, 2.75) is 13.0 Å². The summed E-state index contributed by atoms with van der Waals surface area (Å²) in [5.74, 6) is -0.399. The van der Waals surface area contributed by atoms with Crippen LogP contribution in [0.2, 0.25) is 0 Å². The van der Waals surface area contributed by atoms with Gasteiger partial charge in [-0.1, -0.05) is 18.2 Å². The Morgan fingerprint density at radius 1 is 1.17 bits per heavy atom. The van der Waals surface area contributed by atoms with Crippen LogP contribution in [0.15, 0.2) is 46.9 Å². The summed E-state index contributed by atoms with van der Waals surface area (Å²) in [7, 11) is 3.83. The lowest BCUT2D eigenvalue weighted by atomic mass is 10.1. The van der Waals surface area contributed by atoms with Crippen molar-refractivity contribution in [1.82, 2.24) is 10.4 Å². The molecule has 8 nitrogen and oxygen atoms in total. The Labute approximate surface area is 167 Å². The molecule has 1 heterocycles. The van der Waals surface area contributed by atoms with E-state index in [-0.39, 0.29) is 5.76 Å². The van der Waals surface area contributed by atoms with Gasteiger partial charge in [-0.25, -0.2) is 5.48 Å². The molecule has 0 aliphatic heterocycles. The summed E-state index contributed by atoms with van der Waals surface area (Å²) in [5, 5.41) is 9.51. The predicted molar refractivity (Wildman–Crippen MR) is 107 cm³/mol. The third-order valence-corrected chi connectivity index (χ3v) is 4.46. The molecule has 4 N–H and O–H groups in total. The van der Waals surface area contributed by atoms with Crippen LogP contribution in [0.3, 0.4) is 0 Å². The Balaban J connectivity index is 1.76. The number of nitrogens with zero attached hydrogens (tertiary/aromatic N) is 1. The molecule has 0 fully saturated rings. The third kappa shape index (κ3) is 4.56. The Hall–Kier alpha value is -3.36. The zero-order valence-electron chi connectivity index (χ0n) is 16.3. The molecule has 29 heavy (non-hydrogen) atoms. The number of fused-ring (bicyclic) bond motifs is 1. The van der Waals surface area contributed by atoms with E-state index in [1.165, 1.54) is 0 Å². The van der Waals surface area contributed by atoms with E-state index in [4.69, 9.17) is 20.1 Å². The topological polar surface area (TPSA) is 118 Å². The van der Waals surface area contributed by atoms with Gasteiger partial charge in [-0.15, -0.1) is 0 Å². The lowest BCUT2D eigenvalue weighted by Crippen LogP contribution is -2.18. The van der Waals surface area contributed by atoms with E-state index in [0.717, 1.165) is 16.5 Å². The van der Waals surface area contributed by atoms with E-state index < -0.39 is 11.8 Å². The second-order valence-electron chi connectivity index (χ2n) is 6.87. The number of rotatable bonds is 8. The van der Waals surface area contributed by atoms with Crippen LogP contribution in [0, 0.1) is 0 Å². The van der Waals surface area contributed by atoms with E-state index in [1.54, 1.807) is 29.7 Å². The fourth-order valence-electron chi connectivity index (χ4n) is 3.14. The van der Waals surface area contributed by atoms with Crippen LogP contribution in [0.5, 0.6) is 5.75 Å². The van der Waals surface area contributed by atoms with Gasteiger partial charge in [-0.05, 0) is 43.9 Å². The standard InChI is InChI=1S/C21H23N3O5/c1-24(2)12-17-16-5-3-4-13(18(16)29-19(17)20(22)25)10-11-28-15-8-6-14(7-9-15)21(26)23-27/h3-9,27H,10-12H2,1-2H3,(H2,22,25)(H,23,26). The largest absolute Gasteiger partial charge is 0.493 e. The number of hydroxylamine groups is 1. The van der Waals surface area contributed by atoms with Crippen molar-refractivity contribution in [2.75, 3.05) is 20.7 Å². The Kier molecular flexibility index (Phi) is 6.16. The number of primary amides is 1. The summed E-state index contributed by atoms with van der Waals surface area (Å²) in [4.78, 5) is 25.1. The van der Waals surface area contributed by atoms with Gasteiger partial charge in [0.05, 0.1) is 6.61 Å². The van der Waals surface area contributed by atoms with E-state index in [0.29, 0.717) is 36.5 Å². The molecule has 1 aromatic heterocycles. The maximum Gasteiger partial charge on any atom is 0.284 e. The van der Waals surface area contributed by atoms with E-state index in [9.17, 15) is 9.59 Å². The number of nitrogens with two attached hydrogens (primary N) is 1. The van der Waals surface area contributed by atoms with Crippen LogP contribution in [0.1, 0.15) is 32.0 Å². The maximum absolute atomic E-state index is 11.8. The summed E-state index contributed by atoms with van der Waals surface area (Å²) in [6.07, 6.45) is 0.559. The molecule has 3 aromatic rings. The van der Waals surface area contributed by atoms with Crippen LogP contribution in [-0.4, -0.2) is 42.6 Å². The van der Waals surface area contributed by atoms with Crippen LogP contribution in [0.25, 0.3) is 11.0 Å². The Morgan fingerprint density at radius 3 is 2.52 bits per heavy atom. The minimum absolute atomic E-state index is 0.180. The number of nitrogens with one attached hydrogen (secondary N) is 1. The lowest BCUT2D eigenvalue weighted by molar-refractivity contribution is 0.0706. The molecule has 0 saturated heterocycles. The van der Waals surface area contributed by atoms with Crippen LogP contribution < -0.4 is 16.0 Å². The van der Waals surface area contributed by atoms with Crippen molar-refractivity contribution in [2.24, 2.45) is 5.73 Å². The average molecular weight is 397 g/mol. The second-order valence-corrected chi connectivity index (χ2v) is 6.87. The monoisotopic (exact) mass is 397 g/mol. The zero-order chi connectivity index (χ0) is 21.0. The van der Waals surface area contributed by atoms with Gasteiger partial charge in [0.1, 0.15) is 11.3 Å². The van der Waals surface area contributed by atoms with Crippen molar-refractivity contribution in [3.8, 4) is 5.75 Å². The van der Waals surface area contributed by atoms with Crippen molar-refractivity contribution >= 4 is 22.8 Å². The summed E-state index contributed by atoms with van der Waals surface area (Å²) < 4.78 is 11.6. The van der Waals surface area contributed by atoms with Crippen molar-refractivity contribution in [3.05, 3.63) is 64.9 Å². The SMILES string of the molecule is CN(C)Cc1c(C(N)=O)oc2c(CCOc3ccc(C(=O)NO)cc3)cccc12. The van der Waals surface area contributed by atoms with Crippen molar-refractivity contribution in [1.29, 1.82) is 0 Å². The number of carbonyl (C=O) groups excluding carboxylic acids is 2. The molecular formula is C21H23N3O5. The van der Waals surface area contributed by atoms with Gasteiger partial charge in [-0.3, -0.25) is 14.8 Å². The highest BCUT2D eigenvalue weighted by Gasteiger charge is 2.20. The normalized spacial score (nSPS) is 11.0. The molecule has 8 heteroatoms. The first-order valence-corrected chi connectivity index (χ1v) is 9.05. The first-order chi connectivity index (χ1) is 13.9. The molecule has 0 spiro atoms. The summed E-state index contributed by atoms with van der Waals surface area (Å²) in [6, 6.07) is 12.2. The van der Waals surface area contributed by atoms with Crippen molar-refractivity contribution < 1.29 is 24.0 Å². The smallest absolute Gasteiger partial charge is 0.284 e. The van der Waals surface area contributed by atoms with Crippen LogP contribution >= 0.6 is 0 Å². The third-order valence-electron chi connectivity index (χ3n) is 4.46. The highest BCUT2D eigenvalue weighted by atomic mass is 16.5. The number of amides is 2. The molecule has 3 rings (SSSR count). The quantitative estimate of drug-likeness (QED) is 0.397. The van der Waals surface area contributed by atoms with E-state index in [1.807, 2.05) is 37.2 Å². The molecular weight excluding hydrogens is 374 g/mol. The molecule has 2 aromatic carbocycles. The number of benzene rings is 2. The number of carbonyl (C=O) groups is 2. The molecule has 0 atom stereocenters. The number of para-hydroxylation sites is 1. The summed E-state index contributed by atoms with van der Waals surface area (Å²) >= 11 is 0. The summed E-state index contributed by atoms with van der Waals surface area (Å²) in [6.45, 7) is 0.916. The van der Waals surface area contributed by atoms with E-state index >= 15 is 0 Å². The van der Waals surface area contributed by atoms with Gasteiger partial charge in [0.2, 0.25) is 0 Å². The maximum atomic E-state index is 11.8. The average Bonchev–Trinajstić information content (AvgIpc) is 3.07. The second kappa shape index (κ2) is 8.76. The molecule has 0 unspecified atom stereocenters. The fraction of sp³-hybridized carbons (Fsp3) is 0.238. The number of ether oxygens (including phenoxy) is 1. The number of hydrogen-bond donors (Lipinski definition) is 3. The minimum atomic E-state index is -0.591. The highest BCUT2D eigenvalue weighted by Crippen LogP contribution is 2.29. The summed E-state index contributed by atoms with van der Waals surface area (Å²) in [5.41, 5.74) is 9.73. The highest BCUT2D eigenvalue weighted by molar-refractivity contribution is 5.99. The van der Waals surface area contributed by atoms with Gasteiger partial charge in [0, 0.05) is 29.5 Å². The van der Waals surface area contributed by atoms with Gasteiger partial charge >= 0.3 is 0 Å². The predicted octanol–water partition coefficient (Wildman–Crippen LogP) is 2.33. The lowest BCUT2D eigenvalue weighted by Gasteiger charge is -2.09. The molecule has 0 bridgehead atoms. The van der Waals surface area contributed by atoms with E-state index in [2.05, 4.69) is 0 Å². The molecule has 0 saturated carbocycles. The molecule has 0 radical (unpaired) electrons. The van der Waals surface area contributed by atoms with Gasteiger partial charge in [0.25, 0.3) is 11.8 Å². The number of furan rings is 1. The van der Waals surface area contributed by atoms with Crippen LogP contribution in [-0.2, 0) is 13.0 Å². The molecule has 2 amide bonds. The van der Waals surface area contributed by atoms with Gasteiger partial charge in [0.15, 0.2) is 5.76 Å². The van der Waals surface area contributed by atoms with Crippen LogP contribution in [0.4, 0.5) is 0 Å². The first-order valence-electron chi connectivity index (χ1n) is 9.05. The minimum Gasteiger partial charge on any atom is -0.493 e. The van der Waals surface area contributed by atoms with Gasteiger partial charge in [-0.2, -0.15) is 0 Å². The van der Waals surface area contributed by atoms with Gasteiger partial charge < -0.3 is 19.8 Å². The molecule has 0 aliphatic carbocycles.